The fourth-order valence-electron chi connectivity index (χ4n) is 2.19. The Labute approximate surface area is 91.4 Å². The number of hydrogen-bond acceptors (Lipinski definition) is 1. The number of alkyl halides is 5. The Morgan fingerprint density at radius 2 is 1.81 bits per heavy atom. The molecule has 0 aromatic carbocycles. The molecule has 0 aromatic heterocycles. The van der Waals surface area contributed by atoms with Gasteiger partial charge < -0.3 is 5.32 Å². The molecule has 1 aliphatic rings. The largest absolute Gasteiger partial charge is 0.455 e. The van der Waals surface area contributed by atoms with E-state index in [0.717, 1.165) is 0 Å². The van der Waals surface area contributed by atoms with Gasteiger partial charge in [-0.05, 0) is 25.8 Å². The number of unbranched alkanes of at least 4 members (excludes halogenated alkanes) is 1. The van der Waals surface area contributed by atoms with E-state index in [2.05, 4.69) is 5.32 Å². The summed E-state index contributed by atoms with van der Waals surface area (Å²) in [6, 6.07) is 0. The Morgan fingerprint density at radius 1 is 1.19 bits per heavy atom. The summed E-state index contributed by atoms with van der Waals surface area (Å²) in [5, 5.41) is 2.38. The lowest BCUT2D eigenvalue weighted by Gasteiger charge is -2.38. The maximum Gasteiger partial charge on any atom is 0.455 e. The topological polar surface area (TPSA) is 12.0 Å². The molecule has 1 saturated heterocycles. The monoisotopic (exact) mass is 245 g/mol. The van der Waals surface area contributed by atoms with Crippen LogP contribution >= 0.6 is 0 Å². The molecule has 0 radical (unpaired) electrons. The Hall–Kier alpha value is -0.390. The van der Waals surface area contributed by atoms with Gasteiger partial charge in [0.1, 0.15) is 0 Å². The minimum atomic E-state index is -5.47. The first-order valence-electron chi connectivity index (χ1n) is 5.46. The van der Waals surface area contributed by atoms with Crippen LogP contribution in [0.4, 0.5) is 22.0 Å². The lowest BCUT2D eigenvalue weighted by molar-refractivity contribution is -0.311. The Morgan fingerprint density at radius 3 is 2.19 bits per heavy atom. The first kappa shape index (κ1) is 13.7. The van der Waals surface area contributed by atoms with Crippen molar-refractivity contribution in [3.63, 3.8) is 0 Å². The smallest absolute Gasteiger partial charge is 0.306 e. The summed E-state index contributed by atoms with van der Waals surface area (Å²) in [6.07, 6.45) is -4.36. The van der Waals surface area contributed by atoms with E-state index >= 15 is 0 Å². The van der Waals surface area contributed by atoms with Crippen molar-refractivity contribution in [3.05, 3.63) is 0 Å². The minimum absolute atomic E-state index is 0.112. The molecule has 0 aromatic rings. The van der Waals surface area contributed by atoms with Crippen molar-refractivity contribution < 1.29 is 22.0 Å². The van der Waals surface area contributed by atoms with Gasteiger partial charge in [0, 0.05) is 0 Å². The predicted molar refractivity (Wildman–Crippen MR) is 50.5 cm³/mol. The summed E-state index contributed by atoms with van der Waals surface area (Å²) >= 11 is 0. The average Bonchev–Trinajstić information content (AvgIpc) is 2.62. The Balaban J connectivity index is 2.92. The average molecular weight is 245 g/mol. The van der Waals surface area contributed by atoms with Crippen molar-refractivity contribution in [2.75, 3.05) is 6.54 Å². The van der Waals surface area contributed by atoms with E-state index in [1.165, 1.54) is 0 Å². The minimum Gasteiger partial charge on any atom is -0.306 e. The fourth-order valence-corrected chi connectivity index (χ4v) is 2.19. The van der Waals surface area contributed by atoms with Crippen molar-refractivity contribution in [2.45, 2.75) is 56.7 Å². The molecule has 0 spiro atoms. The maximum atomic E-state index is 13.4. The second-order valence-corrected chi connectivity index (χ2v) is 4.29. The van der Waals surface area contributed by atoms with Gasteiger partial charge >= 0.3 is 12.1 Å². The molecule has 6 heteroatoms. The quantitative estimate of drug-likeness (QED) is 0.747. The third-order valence-corrected chi connectivity index (χ3v) is 3.16. The summed E-state index contributed by atoms with van der Waals surface area (Å²) in [6.45, 7) is 2.00. The fraction of sp³-hybridized carbons (Fsp3) is 1.00. The van der Waals surface area contributed by atoms with Crippen molar-refractivity contribution in [1.29, 1.82) is 0 Å². The highest BCUT2D eigenvalue weighted by Gasteiger charge is 2.69. The van der Waals surface area contributed by atoms with Crippen LogP contribution in [-0.4, -0.2) is 24.2 Å². The highest BCUT2D eigenvalue weighted by Crippen LogP contribution is 2.49. The first-order chi connectivity index (χ1) is 7.27. The van der Waals surface area contributed by atoms with E-state index in [-0.39, 0.29) is 19.4 Å². The Bertz CT molecular complexity index is 230. The molecule has 1 atom stereocenters. The molecular weight excluding hydrogens is 229 g/mol. The van der Waals surface area contributed by atoms with Gasteiger partial charge in [0.25, 0.3) is 0 Å². The molecule has 1 fully saturated rings. The molecule has 0 bridgehead atoms. The highest BCUT2D eigenvalue weighted by atomic mass is 19.4. The number of halogens is 5. The van der Waals surface area contributed by atoms with E-state index in [0.29, 0.717) is 19.3 Å². The third-order valence-electron chi connectivity index (χ3n) is 3.16. The SMILES string of the molecule is CCCCC1(C(F)(F)C(F)(F)F)CCCN1. The second kappa shape index (κ2) is 4.47. The van der Waals surface area contributed by atoms with Gasteiger partial charge in [0.2, 0.25) is 0 Å². The van der Waals surface area contributed by atoms with Crippen molar-refractivity contribution in [1.82, 2.24) is 5.32 Å². The molecule has 0 amide bonds. The molecule has 1 rings (SSSR count). The van der Waals surface area contributed by atoms with Crippen molar-refractivity contribution in [3.8, 4) is 0 Å². The van der Waals surface area contributed by atoms with Crippen molar-refractivity contribution in [2.24, 2.45) is 0 Å². The molecule has 0 saturated carbocycles. The van der Waals surface area contributed by atoms with Crippen LogP contribution in [0.5, 0.6) is 0 Å². The van der Waals surface area contributed by atoms with Crippen LogP contribution in [-0.2, 0) is 0 Å². The summed E-state index contributed by atoms with van der Waals surface area (Å²) in [5.41, 5.74) is -2.08. The summed E-state index contributed by atoms with van der Waals surface area (Å²) in [4.78, 5) is 0. The molecular formula is C10H16F5N. The highest BCUT2D eigenvalue weighted by molar-refractivity contribution is 5.06. The molecule has 96 valence electrons. The van der Waals surface area contributed by atoms with Crippen molar-refractivity contribution >= 4 is 0 Å². The number of rotatable bonds is 4. The molecule has 1 aliphatic heterocycles. The van der Waals surface area contributed by atoms with E-state index in [1.54, 1.807) is 6.92 Å². The zero-order chi connectivity index (χ0) is 12.4. The third kappa shape index (κ3) is 2.17. The molecule has 1 unspecified atom stereocenters. The lowest BCUT2D eigenvalue weighted by Crippen LogP contribution is -2.62. The molecule has 16 heavy (non-hydrogen) atoms. The van der Waals surface area contributed by atoms with Gasteiger partial charge in [0.15, 0.2) is 0 Å². The normalized spacial score (nSPS) is 27.4. The van der Waals surface area contributed by atoms with E-state index in [4.69, 9.17) is 0 Å². The summed E-state index contributed by atoms with van der Waals surface area (Å²) in [5.74, 6) is -4.65. The van der Waals surface area contributed by atoms with Gasteiger partial charge in [0.05, 0.1) is 5.54 Å². The second-order valence-electron chi connectivity index (χ2n) is 4.29. The molecule has 1 heterocycles. The van der Waals surface area contributed by atoms with Crippen LogP contribution in [0.2, 0.25) is 0 Å². The molecule has 1 nitrogen and oxygen atoms in total. The zero-order valence-corrected chi connectivity index (χ0v) is 9.13. The van der Waals surface area contributed by atoms with Gasteiger partial charge in [-0.15, -0.1) is 0 Å². The zero-order valence-electron chi connectivity index (χ0n) is 9.13. The summed E-state index contributed by atoms with van der Waals surface area (Å²) in [7, 11) is 0. The van der Waals surface area contributed by atoms with Crippen LogP contribution in [0.15, 0.2) is 0 Å². The van der Waals surface area contributed by atoms with Crippen LogP contribution < -0.4 is 5.32 Å². The molecule has 1 N–H and O–H groups in total. The van der Waals surface area contributed by atoms with Gasteiger partial charge in [-0.3, -0.25) is 0 Å². The standard InChI is InChI=1S/C10H16F5N/c1-2-3-5-8(6-4-7-16-8)9(11,12)10(13,14)15/h16H,2-7H2,1H3. The van der Waals surface area contributed by atoms with Crippen LogP contribution in [0, 0.1) is 0 Å². The van der Waals surface area contributed by atoms with Gasteiger partial charge in [-0.25, -0.2) is 0 Å². The number of hydrogen-bond donors (Lipinski definition) is 1. The number of nitrogens with one attached hydrogen (secondary N) is 1. The molecule has 0 aliphatic carbocycles. The lowest BCUT2D eigenvalue weighted by atomic mass is 9.84. The van der Waals surface area contributed by atoms with Crippen LogP contribution in [0.3, 0.4) is 0 Å². The predicted octanol–water partition coefficient (Wildman–Crippen LogP) is 3.50. The van der Waals surface area contributed by atoms with E-state index in [1.807, 2.05) is 0 Å². The van der Waals surface area contributed by atoms with Gasteiger partial charge in [-0.1, -0.05) is 19.8 Å². The van der Waals surface area contributed by atoms with E-state index in [9.17, 15) is 22.0 Å². The van der Waals surface area contributed by atoms with Crippen LogP contribution in [0.25, 0.3) is 0 Å². The van der Waals surface area contributed by atoms with Crippen LogP contribution in [0.1, 0.15) is 39.0 Å². The first-order valence-corrected chi connectivity index (χ1v) is 5.46. The maximum absolute atomic E-state index is 13.4. The summed E-state index contributed by atoms with van der Waals surface area (Å²) < 4.78 is 64.0. The Kier molecular flexibility index (Phi) is 3.82. The van der Waals surface area contributed by atoms with Gasteiger partial charge in [-0.2, -0.15) is 22.0 Å². The van der Waals surface area contributed by atoms with E-state index < -0.39 is 17.6 Å².